The molecule has 134 valence electrons. The highest BCUT2D eigenvalue weighted by Crippen LogP contribution is 2.23. The molecule has 1 heterocycles. The second-order valence-electron chi connectivity index (χ2n) is 5.80. The first kappa shape index (κ1) is 18.4. The number of hydrogen-bond donors (Lipinski definition) is 0. The van der Waals surface area contributed by atoms with E-state index in [0.29, 0.717) is 16.1 Å². The van der Waals surface area contributed by atoms with Crippen LogP contribution < -0.4 is 5.56 Å². The van der Waals surface area contributed by atoms with Gasteiger partial charge < -0.3 is 4.90 Å². The molecule has 3 rings (SSSR count). The maximum absolute atomic E-state index is 13.7. The van der Waals surface area contributed by atoms with Crippen LogP contribution in [-0.4, -0.2) is 27.4 Å². The maximum Gasteiger partial charge on any atom is 0.261 e. The first-order chi connectivity index (χ1) is 12.4. The summed E-state index contributed by atoms with van der Waals surface area (Å²) in [5.74, 6) is -0.745. The third-order valence-corrected chi connectivity index (χ3v) is 4.45. The van der Waals surface area contributed by atoms with Gasteiger partial charge >= 0.3 is 0 Å². The summed E-state index contributed by atoms with van der Waals surface area (Å²) in [7, 11) is 1.54. The Labute approximate surface area is 158 Å². The highest BCUT2D eigenvalue weighted by Gasteiger charge is 2.15. The molecule has 0 unspecified atom stereocenters. The van der Waals surface area contributed by atoms with E-state index in [1.807, 2.05) is 0 Å². The Bertz CT molecular complexity index is 1050. The van der Waals surface area contributed by atoms with Gasteiger partial charge in [0.2, 0.25) is 5.91 Å². The van der Waals surface area contributed by atoms with Crippen molar-refractivity contribution in [1.29, 1.82) is 0 Å². The molecule has 0 fully saturated rings. The lowest BCUT2D eigenvalue weighted by Crippen LogP contribution is -2.34. The number of halogens is 3. The van der Waals surface area contributed by atoms with Gasteiger partial charge in [0.1, 0.15) is 12.4 Å². The lowest BCUT2D eigenvalue weighted by Gasteiger charge is -2.18. The molecule has 0 aliphatic carbocycles. The summed E-state index contributed by atoms with van der Waals surface area (Å²) in [6, 6.07) is 9.17. The summed E-state index contributed by atoms with van der Waals surface area (Å²) < 4.78 is 14.9. The van der Waals surface area contributed by atoms with Crippen molar-refractivity contribution in [3.8, 4) is 0 Å². The number of likely N-dealkylation sites (N-methyl/N-ethyl adjacent to an activating group) is 1. The van der Waals surface area contributed by atoms with E-state index < -0.39 is 5.56 Å². The summed E-state index contributed by atoms with van der Waals surface area (Å²) in [5, 5.41) is 0.802. The van der Waals surface area contributed by atoms with Crippen molar-refractivity contribution in [3.63, 3.8) is 0 Å². The molecule has 0 spiro atoms. The fraction of sp³-hybridized carbons (Fsp3) is 0.167. The molecule has 1 aromatic heterocycles. The van der Waals surface area contributed by atoms with Crippen LogP contribution in [0.15, 0.2) is 47.5 Å². The van der Waals surface area contributed by atoms with Crippen molar-refractivity contribution in [3.05, 3.63) is 74.5 Å². The molecular weight excluding hydrogens is 380 g/mol. The van der Waals surface area contributed by atoms with Crippen LogP contribution in [0.1, 0.15) is 5.56 Å². The Morgan fingerprint density at radius 3 is 2.73 bits per heavy atom. The van der Waals surface area contributed by atoms with Gasteiger partial charge in [-0.15, -0.1) is 0 Å². The van der Waals surface area contributed by atoms with Gasteiger partial charge in [-0.25, -0.2) is 9.37 Å². The van der Waals surface area contributed by atoms with Gasteiger partial charge in [0.05, 0.1) is 22.3 Å². The van der Waals surface area contributed by atoms with Crippen LogP contribution in [0.2, 0.25) is 10.0 Å². The Kier molecular flexibility index (Phi) is 5.25. The molecular formula is C18H14Cl2FN3O2. The summed E-state index contributed by atoms with van der Waals surface area (Å²) in [6.45, 7) is -0.129. The van der Waals surface area contributed by atoms with Crippen molar-refractivity contribution >= 4 is 40.0 Å². The minimum atomic E-state index is -0.424. The van der Waals surface area contributed by atoms with Gasteiger partial charge in [0, 0.05) is 24.2 Å². The lowest BCUT2D eigenvalue weighted by molar-refractivity contribution is -0.131. The van der Waals surface area contributed by atoms with Gasteiger partial charge in [0.25, 0.3) is 5.56 Å². The van der Waals surface area contributed by atoms with E-state index in [-0.39, 0.29) is 35.2 Å². The molecule has 0 saturated carbocycles. The molecule has 0 saturated heterocycles. The maximum atomic E-state index is 13.7. The molecule has 0 aliphatic heterocycles. The number of benzene rings is 2. The van der Waals surface area contributed by atoms with E-state index in [1.165, 1.54) is 34.0 Å². The minimum absolute atomic E-state index is 0.0962. The Balaban J connectivity index is 1.84. The smallest absolute Gasteiger partial charge is 0.261 e. The zero-order chi connectivity index (χ0) is 18.8. The minimum Gasteiger partial charge on any atom is -0.340 e. The van der Waals surface area contributed by atoms with E-state index in [4.69, 9.17) is 23.2 Å². The Morgan fingerprint density at radius 2 is 2.00 bits per heavy atom. The molecule has 0 N–H and O–H groups in total. The largest absolute Gasteiger partial charge is 0.340 e. The Morgan fingerprint density at radius 1 is 1.27 bits per heavy atom. The predicted octanol–water partition coefficient (Wildman–Crippen LogP) is 3.50. The quantitative estimate of drug-likeness (QED) is 0.681. The summed E-state index contributed by atoms with van der Waals surface area (Å²) in [4.78, 5) is 30.5. The fourth-order valence-corrected chi connectivity index (χ4v) is 3.09. The molecule has 0 radical (unpaired) electrons. The number of rotatable bonds is 4. The van der Waals surface area contributed by atoms with Crippen molar-refractivity contribution in [2.45, 2.75) is 13.1 Å². The average molecular weight is 394 g/mol. The number of hydrogen-bond acceptors (Lipinski definition) is 3. The topological polar surface area (TPSA) is 55.2 Å². The van der Waals surface area contributed by atoms with E-state index in [0.717, 1.165) is 0 Å². The summed E-state index contributed by atoms with van der Waals surface area (Å²) >= 11 is 12.0. The SMILES string of the molecule is CN(Cc1ccccc1F)C(=O)Cn1cnc2c(Cl)cc(Cl)cc2c1=O. The molecule has 0 aliphatic rings. The van der Waals surface area contributed by atoms with E-state index >= 15 is 0 Å². The average Bonchev–Trinajstić information content (AvgIpc) is 2.59. The molecule has 2 aromatic carbocycles. The first-order valence-electron chi connectivity index (χ1n) is 7.68. The molecule has 26 heavy (non-hydrogen) atoms. The zero-order valence-corrected chi connectivity index (χ0v) is 15.3. The fourth-order valence-electron chi connectivity index (χ4n) is 2.54. The zero-order valence-electron chi connectivity index (χ0n) is 13.7. The monoisotopic (exact) mass is 393 g/mol. The van der Waals surface area contributed by atoms with Crippen molar-refractivity contribution in [1.82, 2.24) is 14.5 Å². The van der Waals surface area contributed by atoms with Crippen LogP contribution >= 0.6 is 23.2 Å². The number of nitrogens with zero attached hydrogens (tertiary/aromatic N) is 3. The standard InChI is InChI=1S/C18H14Cl2FN3O2/c1-23(8-11-4-2-3-5-15(11)21)16(25)9-24-10-22-17-13(18(24)26)6-12(19)7-14(17)20/h2-7,10H,8-9H2,1H3. The third kappa shape index (κ3) is 3.71. The van der Waals surface area contributed by atoms with Crippen LogP contribution in [0.4, 0.5) is 4.39 Å². The highest BCUT2D eigenvalue weighted by molar-refractivity contribution is 6.38. The molecule has 5 nitrogen and oxygen atoms in total. The van der Waals surface area contributed by atoms with Crippen LogP contribution in [0, 0.1) is 5.82 Å². The van der Waals surface area contributed by atoms with Gasteiger partial charge in [-0.3, -0.25) is 14.2 Å². The third-order valence-electron chi connectivity index (χ3n) is 3.94. The number of fused-ring (bicyclic) bond motifs is 1. The normalized spacial score (nSPS) is 10.9. The molecule has 0 bridgehead atoms. The Hall–Kier alpha value is -2.44. The summed E-state index contributed by atoms with van der Waals surface area (Å²) in [6.07, 6.45) is 1.26. The molecule has 1 amide bonds. The first-order valence-corrected chi connectivity index (χ1v) is 8.44. The van der Waals surface area contributed by atoms with E-state index in [2.05, 4.69) is 4.98 Å². The molecule has 3 aromatic rings. The second kappa shape index (κ2) is 7.43. The second-order valence-corrected chi connectivity index (χ2v) is 6.65. The van der Waals surface area contributed by atoms with Crippen LogP contribution in [-0.2, 0) is 17.9 Å². The van der Waals surface area contributed by atoms with Crippen molar-refractivity contribution < 1.29 is 9.18 Å². The van der Waals surface area contributed by atoms with E-state index in [9.17, 15) is 14.0 Å². The van der Waals surface area contributed by atoms with Gasteiger partial charge in [0.15, 0.2) is 0 Å². The molecule has 8 heteroatoms. The van der Waals surface area contributed by atoms with Crippen LogP contribution in [0.3, 0.4) is 0 Å². The van der Waals surface area contributed by atoms with E-state index in [1.54, 1.807) is 25.2 Å². The highest BCUT2D eigenvalue weighted by atomic mass is 35.5. The molecule has 0 atom stereocenters. The number of aromatic nitrogens is 2. The lowest BCUT2D eigenvalue weighted by atomic mass is 10.2. The van der Waals surface area contributed by atoms with Crippen molar-refractivity contribution in [2.24, 2.45) is 0 Å². The van der Waals surface area contributed by atoms with Crippen molar-refractivity contribution in [2.75, 3.05) is 7.05 Å². The van der Waals surface area contributed by atoms with Gasteiger partial charge in [-0.05, 0) is 18.2 Å². The number of carbonyl (C=O) groups is 1. The van der Waals surface area contributed by atoms with Gasteiger partial charge in [-0.1, -0.05) is 41.4 Å². The summed E-state index contributed by atoms with van der Waals surface area (Å²) in [5.41, 5.74) is 0.294. The van der Waals surface area contributed by atoms with Gasteiger partial charge in [-0.2, -0.15) is 0 Å². The van der Waals surface area contributed by atoms with Crippen LogP contribution in [0.25, 0.3) is 10.9 Å². The number of amides is 1. The predicted molar refractivity (Wildman–Crippen MR) is 98.9 cm³/mol. The van der Waals surface area contributed by atoms with Crippen LogP contribution in [0.5, 0.6) is 0 Å². The number of carbonyl (C=O) groups excluding carboxylic acids is 1.